The average molecular weight is 469 g/mol. The van der Waals surface area contributed by atoms with Gasteiger partial charge < -0.3 is 0 Å². The minimum Gasteiger partial charge on any atom is -0.260 e. The van der Waals surface area contributed by atoms with Crippen LogP contribution in [0.1, 0.15) is 33.0 Å². The Morgan fingerprint density at radius 2 is 0.857 bits per heavy atom. The second-order valence-electron chi connectivity index (χ2n) is 8.54. The molecule has 6 aromatic rings. The third-order valence-corrected chi connectivity index (χ3v) is 7.93. The molecular weight excluding hydrogens is 444 g/mol. The van der Waals surface area contributed by atoms with Crippen molar-refractivity contribution in [3.8, 4) is 0 Å². The van der Waals surface area contributed by atoms with Gasteiger partial charge in [0.15, 0.2) is 0 Å². The van der Waals surface area contributed by atoms with Crippen LogP contribution in [0.2, 0.25) is 0 Å². The molecule has 0 spiro atoms. The van der Waals surface area contributed by atoms with Crippen LogP contribution >= 0.6 is 11.8 Å². The van der Waals surface area contributed by atoms with Crippen molar-refractivity contribution in [1.82, 2.24) is 9.97 Å². The second kappa shape index (κ2) is 9.73. The first kappa shape index (κ1) is 21.6. The number of pyridine rings is 2. The summed E-state index contributed by atoms with van der Waals surface area (Å²) in [6.07, 6.45) is 3.78. The van der Waals surface area contributed by atoms with Crippen LogP contribution in [0.4, 0.5) is 0 Å². The van der Waals surface area contributed by atoms with Gasteiger partial charge in [-0.15, -0.1) is 11.8 Å². The summed E-state index contributed by atoms with van der Waals surface area (Å²) in [5.74, 6) is 0. The standard InChI is InChI=1S/C32H24N2S/c1-3-15-25-23(11-1)13-9-17-27(25)31(29-19-5-7-21-33-29)35-32(30-20-6-8-22-34-30)28-18-10-14-24-12-2-4-16-26(24)28/h1-22,31-32H. The Balaban J connectivity index is 1.56. The molecule has 0 N–H and O–H groups in total. The molecule has 0 fully saturated rings. The molecule has 0 aliphatic rings. The predicted octanol–water partition coefficient (Wildman–Crippen LogP) is 8.40. The Morgan fingerprint density at radius 1 is 0.429 bits per heavy atom. The van der Waals surface area contributed by atoms with Crippen molar-refractivity contribution in [2.24, 2.45) is 0 Å². The molecule has 4 aromatic carbocycles. The van der Waals surface area contributed by atoms with Crippen LogP contribution < -0.4 is 0 Å². The third kappa shape index (κ3) is 4.31. The molecule has 2 nitrogen and oxygen atoms in total. The molecule has 0 saturated heterocycles. The van der Waals surface area contributed by atoms with Crippen LogP contribution in [0.3, 0.4) is 0 Å². The smallest absolute Gasteiger partial charge is 0.0735 e. The number of fused-ring (bicyclic) bond motifs is 2. The number of rotatable bonds is 6. The zero-order valence-corrected chi connectivity index (χ0v) is 20.0. The monoisotopic (exact) mass is 468 g/mol. The van der Waals surface area contributed by atoms with E-state index >= 15 is 0 Å². The third-order valence-electron chi connectivity index (χ3n) is 6.40. The van der Waals surface area contributed by atoms with Gasteiger partial charge in [0.2, 0.25) is 0 Å². The van der Waals surface area contributed by atoms with Gasteiger partial charge in [0.05, 0.1) is 21.9 Å². The van der Waals surface area contributed by atoms with E-state index in [4.69, 9.17) is 9.97 Å². The quantitative estimate of drug-likeness (QED) is 0.245. The minimum atomic E-state index is 0.0354. The van der Waals surface area contributed by atoms with Crippen molar-refractivity contribution < 1.29 is 0 Å². The fourth-order valence-electron chi connectivity index (χ4n) is 4.76. The normalized spacial score (nSPS) is 13.0. The lowest BCUT2D eigenvalue weighted by atomic mass is 9.99. The SMILES string of the molecule is c1ccc(C(SC(c2ccccn2)c2cccc3ccccc23)c2cccc3ccccc23)nc1. The molecule has 2 aromatic heterocycles. The summed E-state index contributed by atoms with van der Waals surface area (Å²) >= 11 is 1.91. The van der Waals surface area contributed by atoms with Gasteiger partial charge in [-0.1, -0.05) is 97.1 Å². The molecule has 0 aliphatic carbocycles. The molecule has 168 valence electrons. The van der Waals surface area contributed by atoms with Gasteiger partial charge in [-0.3, -0.25) is 9.97 Å². The molecule has 35 heavy (non-hydrogen) atoms. The van der Waals surface area contributed by atoms with Crippen LogP contribution in [-0.2, 0) is 0 Å². The van der Waals surface area contributed by atoms with Crippen molar-refractivity contribution in [1.29, 1.82) is 0 Å². The first-order valence-electron chi connectivity index (χ1n) is 11.8. The van der Waals surface area contributed by atoms with Gasteiger partial charge in [-0.05, 0) is 56.9 Å². The lowest BCUT2D eigenvalue weighted by Gasteiger charge is -2.26. The fourth-order valence-corrected chi connectivity index (χ4v) is 6.30. The van der Waals surface area contributed by atoms with E-state index in [-0.39, 0.29) is 10.5 Å². The van der Waals surface area contributed by atoms with Crippen LogP contribution in [0.5, 0.6) is 0 Å². The van der Waals surface area contributed by atoms with Gasteiger partial charge in [-0.25, -0.2) is 0 Å². The molecule has 3 heteroatoms. The lowest BCUT2D eigenvalue weighted by Crippen LogP contribution is -2.07. The number of thioether (sulfide) groups is 1. The molecule has 0 radical (unpaired) electrons. The average Bonchev–Trinajstić information content (AvgIpc) is 2.94. The summed E-state index contributed by atoms with van der Waals surface area (Å²) in [6, 6.07) is 42.8. The maximum atomic E-state index is 4.82. The first-order valence-corrected chi connectivity index (χ1v) is 12.8. The van der Waals surface area contributed by atoms with Gasteiger partial charge in [0.25, 0.3) is 0 Å². The first-order chi connectivity index (χ1) is 17.4. The van der Waals surface area contributed by atoms with Crippen molar-refractivity contribution in [3.05, 3.63) is 156 Å². The molecule has 2 unspecified atom stereocenters. The van der Waals surface area contributed by atoms with Gasteiger partial charge in [0, 0.05) is 12.4 Å². The van der Waals surface area contributed by atoms with Crippen molar-refractivity contribution in [2.45, 2.75) is 10.5 Å². The topological polar surface area (TPSA) is 25.8 Å². The van der Waals surface area contributed by atoms with Crippen molar-refractivity contribution >= 4 is 33.3 Å². The van der Waals surface area contributed by atoms with Crippen LogP contribution in [0.15, 0.2) is 134 Å². The molecule has 0 amide bonds. The fraction of sp³-hybridized carbons (Fsp3) is 0.0625. The summed E-state index contributed by atoms with van der Waals surface area (Å²) in [5, 5.41) is 5.07. The van der Waals surface area contributed by atoms with Crippen molar-refractivity contribution in [2.75, 3.05) is 0 Å². The zero-order valence-electron chi connectivity index (χ0n) is 19.2. The second-order valence-corrected chi connectivity index (χ2v) is 9.76. The Hall–Kier alpha value is -3.95. The minimum absolute atomic E-state index is 0.0354. The molecular formula is C32H24N2S. The Morgan fingerprint density at radius 3 is 1.31 bits per heavy atom. The number of benzene rings is 4. The summed E-state index contributed by atoms with van der Waals surface area (Å²) < 4.78 is 0. The van der Waals surface area contributed by atoms with E-state index in [0.29, 0.717) is 0 Å². The Kier molecular flexibility index (Phi) is 6.00. The molecule has 0 saturated carbocycles. The highest BCUT2D eigenvalue weighted by molar-refractivity contribution is 8.00. The summed E-state index contributed by atoms with van der Waals surface area (Å²) in [7, 11) is 0. The van der Waals surface area contributed by atoms with Crippen LogP contribution in [-0.4, -0.2) is 9.97 Å². The van der Waals surface area contributed by atoms with Crippen molar-refractivity contribution in [3.63, 3.8) is 0 Å². The largest absolute Gasteiger partial charge is 0.260 e. The molecule has 0 aliphatic heterocycles. The van der Waals surface area contributed by atoms with Crippen LogP contribution in [0.25, 0.3) is 21.5 Å². The highest BCUT2D eigenvalue weighted by Crippen LogP contribution is 2.49. The van der Waals surface area contributed by atoms with Gasteiger partial charge in [0.1, 0.15) is 0 Å². The van der Waals surface area contributed by atoms with Gasteiger partial charge >= 0.3 is 0 Å². The highest BCUT2D eigenvalue weighted by Gasteiger charge is 2.27. The number of hydrogen-bond acceptors (Lipinski definition) is 3. The summed E-state index contributed by atoms with van der Waals surface area (Å²) in [6.45, 7) is 0. The van der Waals surface area contributed by atoms with E-state index in [1.807, 2.05) is 36.3 Å². The lowest BCUT2D eigenvalue weighted by molar-refractivity contribution is 1.01. The van der Waals surface area contributed by atoms with E-state index in [1.54, 1.807) is 0 Å². The van der Waals surface area contributed by atoms with E-state index in [1.165, 1.54) is 32.7 Å². The van der Waals surface area contributed by atoms with Crippen LogP contribution in [0, 0.1) is 0 Å². The number of aromatic nitrogens is 2. The Labute approximate surface area is 209 Å². The number of hydrogen-bond donors (Lipinski definition) is 0. The molecule has 6 rings (SSSR count). The molecule has 2 heterocycles. The number of nitrogens with zero attached hydrogens (tertiary/aromatic N) is 2. The maximum absolute atomic E-state index is 4.82. The van der Waals surface area contributed by atoms with E-state index < -0.39 is 0 Å². The van der Waals surface area contributed by atoms with E-state index in [2.05, 4.69) is 109 Å². The maximum Gasteiger partial charge on any atom is 0.0735 e. The van der Waals surface area contributed by atoms with Gasteiger partial charge in [-0.2, -0.15) is 0 Å². The van der Waals surface area contributed by atoms with E-state index in [9.17, 15) is 0 Å². The Bertz CT molecular complexity index is 1450. The van der Waals surface area contributed by atoms with E-state index in [0.717, 1.165) is 11.4 Å². The molecule has 2 atom stereocenters. The summed E-state index contributed by atoms with van der Waals surface area (Å²) in [4.78, 5) is 9.65. The predicted molar refractivity (Wildman–Crippen MR) is 148 cm³/mol. The zero-order chi connectivity index (χ0) is 23.5. The highest BCUT2D eigenvalue weighted by atomic mass is 32.2. The summed E-state index contributed by atoms with van der Waals surface area (Å²) in [5.41, 5.74) is 4.64. The molecule has 0 bridgehead atoms.